The number of rotatable bonds is 6. The van der Waals surface area contributed by atoms with Crippen LogP contribution in [0, 0.1) is 11.8 Å². The standard InChI is InChI=1S/C16H19BO/c1-2-3-4-5-6-7-8-13-16(18)14-11-9-10-12-15(14)17/h9-12H,2-7H2,1H3. The van der Waals surface area contributed by atoms with Gasteiger partial charge in [0, 0.05) is 12.0 Å². The smallest absolute Gasteiger partial charge is 0.235 e. The lowest BCUT2D eigenvalue weighted by Gasteiger charge is -1.98. The van der Waals surface area contributed by atoms with E-state index in [0.29, 0.717) is 11.0 Å². The average molecular weight is 238 g/mol. The summed E-state index contributed by atoms with van der Waals surface area (Å²) in [5.74, 6) is 5.42. The van der Waals surface area contributed by atoms with Gasteiger partial charge in [0.2, 0.25) is 5.78 Å². The number of hydrogen-bond acceptors (Lipinski definition) is 1. The molecule has 1 aromatic rings. The third-order valence-electron chi connectivity index (χ3n) is 2.81. The Labute approximate surface area is 111 Å². The molecule has 0 saturated heterocycles. The van der Waals surface area contributed by atoms with E-state index in [4.69, 9.17) is 7.85 Å². The average Bonchev–Trinajstić information content (AvgIpc) is 2.38. The van der Waals surface area contributed by atoms with Crippen LogP contribution < -0.4 is 5.46 Å². The summed E-state index contributed by atoms with van der Waals surface area (Å²) in [6, 6.07) is 7.05. The molecule has 0 bridgehead atoms. The Bertz CT molecular complexity index is 440. The molecule has 1 rings (SSSR count). The van der Waals surface area contributed by atoms with E-state index in [1.807, 2.05) is 6.07 Å². The van der Waals surface area contributed by atoms with Gasteiger partial charge in [0.1, 0.15) is 7.85 Å². The highest BCUT2D eigenvalue weighted by Gasteiger charge is 2.03. The van der Waals surface area contributed by atoms with Gasteiger partial charge in [-0.25, -0.2) is 0 Å². The molecule has 0 unspecified atom stereocenters. The van der Waals surface area contributed by atoms with E-state index in [1.54, 1.807) is 18.2 Å². The second-order valence-electron chi connectivity index (χ2n) is 4.38. The lowest BCUT2D eigenvalue weighted by Crippen LogP contribution is -2.13. The minimum absolute atomic E-state index is 0.179. The fourth-order valence-electron chi connectivity index (χ4n) is 1.73. The summed E-state index contributed by atoms with van der Waals surface area (Å²) >= 11 is 0. The van der Waals surface area contributed by atoms with E-state index in [1.165, 1.54) is 25.7 Å². The first-order chi connectivity index (χ1) is 8.75. The van der Waals surface area contributed by atoms with E-state index in [9.17, 15) is 4.79 Å². The van der Waals surface area contributed by atoms with Crippen LogP contribution in [0.4, 0.5) is 0 Å². The predicted molar refractivity (Wildman–Crippen MR) is 77.3 cm³/mol. The van der Waals surface area contributed by atoms with Gasteiger partial charge in [-0.2, -0.15) is 0 Å². The fraction of sp³-hybridized carbons (Fsp3) is 0.438. The quantitative estimate of drug-likeness (QED) is 0.245. The number of Topliss-reactive ketones (excluding diaryl/α,β-unsaturated/α-hetero) is 1. The second kappa shape index (κ2) is 8.58. The van der Waals surface area contributed by atoms with Crippen LogP contribution in [-0.2, 0) is 0 Å². The number of carbonyl (C=O) groups excluding carboxylic acids is 1. The molecular weight excluding hydrogens is 219 g/mol. The third-order valence-corrected chi connectivity index (χ3v) is 2.81. The molecule has 0 N–H and O–H groups in total. The van der Waals surface area contributed by atoms with Crippen LogP contribution in [0.5, 0.6) is 0 Å². The summed E-state index contributed by atoms with van der Waals surface area (Å²) in [5, 5.41) is 0. The Morgan fingerprint density at radius 2 is 1.89 bits per heavy atom. The molecule has 0 amide bonds. The second-order valence-corrected chi connectivity index (χ2v) is 4.38. The van der Waals surface area contributed by atoms with E-state index < -0.39 is 0 Å². The summed E-state index contributed by atoms with van der Waals surface area (Å²) in [6.45, 7) is 2.20. The maximum absolute atomic E-state index is 11.7. The zero-order valence-electron chi connectivity index (χ0n) is 11.0. The van der Waals surface area contributed by atoms with E-state index in [-0.39, 0.29) is 5.78 Å². The lowest BCUT2D eigenvalue weighted by atomic mass is 9.89. The monoisotopic (exact) mass is 238 g/mol. The minimum Gasteiger partial charge on any atom is -0.279 e. The van der Waals surface area contributed by atoms with Gasteiger partial charge < -0.3 is 0 Å². The third kappa shape index (κ3) is 5.23. The topological polar surface area (TPSA) is 17.1 Å². The summed E-state index contributed by atoms with van der Waals surface area (Å²) < 4.78 is 0. The Balaban J connectivity index is 2.35. The number of hydrogen-bond donors (Lipinski definition) is 0. The first kappa shape index (κ1) is 14.6. The van der Waals surface area contributed by atoms with Crippen molar-refractivity contribution in [1.29, 1.82) is 0 Å². The van der Waals surface area contributed by atoms with E-state index in [0.717, 1.165) is 12.8 Å². The molecule has 1 nitrogen and oxygen atoms in total. The molecule has 0 aliphatic rings. The van der Waals surface area contributed by atoms with Crippen molar-refractivity contribution in [2.75, 3.05) is 0 Å². The van der Waals surface area contributed by atoms with Gasteiger partial charge in [-0.05, 0) is 12.3 Å². The molecule has 2 radical (unpaired) electrons. The van der Waals surface area contributed by atoms with Crippen molar-refractivity contribution in [1.82, 2.24) is 0 Å². The molecule has 18 heavy (non-hydrogen) atoms. The van der Waals surface area contributed by atoms with Gasteiger partial charge in [0.15, 0.2) is 0 Å². The first-order valence-electron chi connectivity index (χ1n) is 6.63. The Kier molecular flexibility index (Phi) is 6.95. The van der Waals surface area contributed by atoms with Crippen molar-refractivity contribution in [3.63, 3.8) is 0 Å². The molecule has 0 spiro atoms. The van der Waals surface area contributed by atoms with Crippen molar-refractivity contribution in [2.45, 2.75) is 45.4 Å². The fourth-order valence-corrected chi connectivity index (χ4v) is 1.73. The van der Waals surface area contributed by atoms with Crippen molar-refractivity contribution in [2.24, 2.45) is 0 Å². The lowest BCUT2D eigenvalue weighted by molar-refractivity contribution is 0.105. The number of benzene rings is 1. The molecule has 0 atom stereocenters. The molecule has 0 aromatic heterocycles. The highest BCUT2D eigenvalue weighted by molar-refractivity contribution is 6.37. The maximum Gasteiger partial charge on any atom is 0.235 e. The van der Waals surface area contributed by atoms with Crippen molar-refractivity contribution in [3.05, 3.63) is 29.8 Å². The van der Waals surface area contributed by atoms with Crippen molar-refractivity contribution in [3.8, 4) is 11.8 Å². The summed E-state index contributed by atoms with van der Waals surface area (Å²) in [5.41, 5.74) is 1.01. The van der Waals surface area contributed by atoms with Gasteiger partial charge in [0.05, 0.1) is 0 Å². The Hall–Kier alpha value is -1.49. The summed E-state index contributed by atoms with van der Waals surface area (Å²) in [4.78, 5) is 11.7. The molecule has 0 saturated carbocycles. The van der Waals surface area contributed by atoms with Crippen molar-refractivity contribution < 1.29 is 4.79 Å². The van der Waals surface area contributed by atoms with Crippen LogP contribution in [0.3, 0.4) is 0 Å². The first-order valence-corrected chi connectivity index (χ1v) is 6.63. The van der Waals surface area contributed by atoms with Gasteiger partial charge in [-0.1, -0.05) is 68.3 Å². The van der Waals surface area contributed by atoms with E-state index >= 15 is 0 Å². The van der Waals surface area contributed by atoms with Crippen LogP contribution in [-0.4, -0.2) is 13.6 Å². The van der Waals surface area contributed by atoms with Gasteiger partial charge in [-0.15, -0.1) is 0 Å². The minimum atomic E-state index is -0.179. The number of ketones is 1. The molecule has 2 heteroatoms. The number of carbonyl (C=O) groups is 1. The molecule has 1 aromatic carbocycles. The molecule has 0 aliphatic carbocycles. The highest BCUT2D eigenvalue weighted by atomic mass is 16.1. The predicted octanol–water partition coefficient (Wildman–Crippen LogP) is 3.03. The maximum atomic E-state index is 11.7. The molecule has 0 heterocycles. The summed E-state index contributed by atoms with van der Waals surface area (Å²) in [7, 11) is 5.72. The Morgan fingerprint density at radius 1 is 1.17 bits per heavy atom. The zero-order valence-corrected chi connectivity index (χ0v) is 11.0. The largest absolute Gasteiger partial charge is 0.279 e. The van der Waals surface area contributed by atoms with Crippen LogP contribution in [0.1, 0.15) is 55.8 Å². The zero-order chi connectivity index (χ0) is 13.2. The summed E-state index contributed by atoms with van der Waals surface area (Å²) in [6.07, 6.45) is 6.86. The molecule has 0 fully saturated rings. The van der Waals surface area contributed by atoms with Crippen LogP contribution in [0.2, 0.25) is 0 Å². The number of unbranched alkanes of at least 4 members (excludes halogenated alkanes) is 5. The Morgan fingerprint density at radius 3 is 2.61 bits per heavy atom. The van der Waals surface area contributed by atoms with Gasteiger partial charge in [-0.3, -0.25) is 4.79 Å². The van der Waals surface area contributed by atoms with Crippen LogP contribution in [0.25, 0.3) is 0 Å². The van der Waals surface area contributed by atoms with Gasteiger partial charge in [0.25, 0.3) is 0 Å². The van der Waals surface area contributed by atoms with E-state index in [2.05, 4.69) is 18.8 Å². The van der Waals surface area contributed by atoms with Crippen molar-refractivity contribution >= 4 is 19.1 Å². The normalized spacial score (nSPS) is 9.61. The molecule has 92 valence electrons. The molecular formula is C16H19BO. The van der Waals surface area contributed by atoms with Crippen LogP contribution in [0.15, 0.2) is 24.3 Å². The molecule has 0 aliphatic heterocycles. The van der Waals surface area contributed by atoms with Crippen LogP contribution >= 0.6 is 0 Å². The SMILES string of the molecule is [B]c1ccccc1C(=O)C#CCCCCCCC. The van der Waals surface area contributed by atoms with Gasteiger partial charge >= 0.3 is 0 Å². The highest BCUT2D eigenvalue weighted by Crippen LogP contribution is 2.04.